The summed E-state index contributed by atoms with van der Waals surface area (Å²) in [4.78, 5) is 11.7. The molecular weight excluding hydrogens is 248 g/mol. The van der Waals surface area contributed by atoms with Gasteiger partial charge in [-0.3, -0.25) is 4.79 Å². The molecule has 5 heteroatoms. The summed E-state index contributed by atoms with van der Waals surface area (Å²) in [5, 5.41) is 0. The van der Waals surface area contributed by atoms with Gasteiger partial charge < -0.3 is 18.9 Å². The maximum absolute atomic E-state index is 11.7. The molecule has 0 bridgehead atoms. The number of carbonyl (C=O) groups is 1. The van der Waals surface area contributed by atoms with Crippen molar-refractivity contribution in [1.29, 1.82) is 0 Å². The van der Waals surface area contributed by atoms with E-state index in [1.807, 2.05) is 0 Å². The molecule has 5 nitrogen and oxygen atoms in total. The third kappa shape index (κ3) is 8.31. The van der Waals surface area contributed by atoms with Crippen LogP contribution in [0.15, 0.2) is 0 Å². The van der Waals surface area contributed by atoms with E-state index in [-0.39, 0.29) is 18.3 Å². The molecule has 0 aromatic heterocycles. The van der Waals surface area contributed by atoms with E-state index in [1.54, 1.807) is 7.11 Å². The quantitative estimate of drug-likeness (QED) is 0.504. The highest BCUT2D eigenvalue weighted by Crippen LogP contribution is 2.25. The van der Waals surface area contributed by atoms with Crippen LogP contribution in [0.25, 0.3) is 0 Å². The minimum atomic E-state index is 0.234. The highest BCUT2D eigenvalue weighted by molar-refractivity contribution is 5.82. The van der Waals surface area contributed by atoms with Crippen LogP contribution in [-0.2, 0) is 23.7 Å². The van der Waals surface area contributed by atoms with Gasteiger partial charge in [-0.15, -0.1) is 0 Å². The Morgan fingerprint density at radius 1 is 0.895 bits per heavy atom. The van der Waals surface area contributed by atoms with Crippen LogP contribution >= 0.6 is 0 Å². The first-order valence-electron chi connectivity index (χ1n) is 7.09. The van der Waals surface area contributed by atoms with Gasteiger partial charge in [-0.05, 0) is 12.8 Å². The van der Waals surface area contributed by atoms with Crippen LogP contribution in [0.2, 0.25) is 0 Å². The van der Waals surface area contributed by atoms with Gasteiger partial charge in [-0.2, -0.15) is 0 Å². The Kier molecular flexibility index (Phi) is 9.89. The van der Waals surface area contributed by atoms with Gasteiger partial charge in [0.15, 0.2) is 5.78 Å². The maximum atomic E-state index is 11.7. The summed E-state index contributed by atoms with van der Waals surface area (Å²) < 4.78 is 20.7. The first-order chi connectivity index (χ1) is 9.34. The van der Waals surface area contributed by atoms with Crippen molar-refractivity contribution in [1.82, 2.24) is 0 Å². The molecule has 0 aliphatic heterocycles. The fourth-order valence-corrected chi connectivity index (χ4v) is 2.12. The molecule has 0 aromatic carbocycles. The van der Waals surface area contributed by atoms with Gasteiger partial charge in [0.25, 0.3) is 0 Å². The van der Waals surface area contributed by atoms with E-state index in [0.29, 0.717) is 39.6 Å². The summed E-state index contributed by atoms with van der Waals surface area (Å²) >= 11 is 0. The van der Waals surface area contributed by atoms with E-state index in [1.165, 1.54) is 12.8 Å². The molecule has 0 N–H and O–H groups in total. The number of ketones is 1. The molecule has 1 rings (SSSR count). The molecule has 0 unspecified atom stereocenters. The summed E-state index contributed by atoms with van der Waals surface area (Å²) in [7, 11) is 1.64. The molecule has 0 saturated heterocycles. The largest absolute Gasteiger partial charge is 0.382 e. The Bertz CT molecular complexity index is 226. The van der Waals surface area contributed by atoms with Crippen LogP contribution in [0.4, 0.5) is 0 Å². The number of methoxy groups -OCH3 is 1. The first kappa shape index (κ1) is 16.6. The van der Waals surface area contributed by atoms with E-state index in [9.17, 15) is 4.79 Å². The molecule has 0 atom stereocenters. The van der Waals surface area contributed by atoms with Gasteiger partial charge in [0, 0.05) is 13.0 Å². The second-order valence-electron chi connectivity index (χ2n) is 4.72. The first-order valence-corrected chi connectivity index (χ1v) is 7.09. The Morgan fingerprint density at radius 3 is 2.00 bits per heavy atom. The molecular formula is C14H26O5. The molecule has 1 aliphatic carbocycles. The van der Waals surface area contributed by atoms with Gasteiger partial charge in [0.05, 0.1) is 39.6 Å². The number of carbonyl (C=O) groups excluding carboxylic acids is 1. The highest BCUT2D eigenvalue weighted by Gasteiger charge is 2.22. The van der Waals surface area contributed by atoms with Crippen molar-refractivity contribution in [3.8, 4) is 0 Å². The lowest BCUT2D eigenvalue weighted by molar-refractivity contribution is -0.127. The van der Waals surface area contributed by atoms with Crippen LogP contribution in [0.3, 0.4) is 0 Å². The molecule has 1 saturated carbocycles. The standard InChI is InChI=1S/C14H26O5/c1-16-6-7-17-8-9-18-10-11-19-12-14(15)13-4-2-3-5-13/h13H,2-12H2,1H3. The molecule has 0 radical (unpaired) electrons. The zero-order valence-corrected chi connectivity index (χ0v) is 11.9. The molecule has 0 spiro atoms. The summed E-state index contributed by atoms with van der Waals surface area (Å²) in [6, 6.07) is 0. The van der Waals surface area contributed by atoms with Crippen LogP contribution < -0.4 is 0 Å². The van der Waals surface area contributed by atoms with Crippen LogP contribution in [-0.4, -0.2) is 59.1 Å². The van der Waals surface area contributed by atoms with Crippen molar-refractivity contribution in [2.75, 3.05) is 53.4 Å². The number of hydrogen-bond donors (Lipinski definition) is 0. The lowest BCUT2D eigenvalue weighted by Crippen LogP contribution is -2.19. The van der Waals surface area contributed by atoms with Gasteiger partial charge >= 0.3 is 0 Å². The van der Waals surface area contributed by atoms with Crippen LogP contribution in [0, 0.1) is 5.92 Å². The number of rotatable bonds is 12. The Morgan fingerprint density at radius 2 is 1.42 bits per heavy atom. The minimum Gasteiger partial charge on any atom is -0.382 e. The summed E-state index contributed by atoms with van der Waals surface area (Å²) in [5.74, 6) is 0.496. The predicted octanol–water partition coefficient (Wildman–Crippen LogP) is 1.44. The van der Waals surface area contributed by atoms with Gasteiger partial charge in [0.1, 0.15) is 6.61 Å². The van der Waals surface area contributed by atoms with Crippen molar-refractivity contribution >= 4 is 5.78 Å². The van der Waals surface area contributed by atoms with E-state index < -0.39 is 0 Å². The van der Waals surface area contributed by atoms with Gasteiger partial charge in [-0.1, -0.05) is 12.8 Å². The lowest BCUT2D eigenvalue weighted by atomic mass is 10.0. The lowest BCUT2D eigenvalue weighted by Gasteiger charge is -2.09. The summed E-state index contributed by atoms with van der Waals surface area (Å²) in [6.07, 6.45) is 4.44. The maximum Gasteiger partial charge on any atom is 0.161 e. The third-order valence-corrected chi connectivity index (χ3v) is 3.23. The fraction of sp³-hybridized carbons (Fsp3) is 0.929. The number of Topliss-reactive ketones (excluding diaryl/α,β-unsaturated/α-hetero) is 1. The van der Waals surface area contributed by atoms with Crippen molar-refractivity contribution in [2.45, 2.75) is 25.7 Å². The minimum absolute atomic E-state index is 0.234. The van der Waals surface area contributed by atoms with Crippen LogP contribution in [0.5, 0.6) is 0 Å². The number of hydrogen-bond acceptors (Lipinski definition) is 5. The zero-order valence-electron chi connectivity index (χ0n) is 11.9. The number of ether oxygens (including phenoxy) is 4. The SMILES string of the molecule is COCCOCCOCCOCC(=O)C1CCCC1. The smallest absolute Gasteiger partial charge is 0.161 e. The topological polar surface area (TPSA) is 54.0 Å². The second kappa shape index (κ2) is 11.3. The molecule has 1 aliphatic rings. The van der Waals surface area contributed by atoms with E-state index in [2.05, 4.69) is 0 Å². The molecule has 1 fully saturated rings. The monoisotopic (exact) mass is 274 g/mol. The molecule has 0 heterocycles. The summed E-state index contributed by atoms with van der Waals surface area (Å²) in [5.41, 5.74) is 0. The predicted molar refractivity (Wildman–Crippen MR) is 71.3 cm³/mol. The van der Waals surface area contributed by atoms with Crippen molar-refractivity contribution in [3.05, 3.63) is 0 Å². The third-order valence-electron chi connectivity index (χ3n) is 3.23. The highest BCUT2D eigenvalue weighted by atomic mass is 16.6. The van der Waals surface area contributed by atoms with Crippen molar-refractivity contribution in [2.24, 2.45) is 5.92 Å². The average Bonchev–Trinajstić information content (AvgIpc) is 2.95. The van der Waals surface area contributed by atoms with E-state index in [0.717, 1.165) is 12.8 Å². The Balaban J connectivity index is 1.79. The van der Waals surface area contributed by atoms with Crippen LogP contribution in [0.1, 0.15) is 25.7 Å². The average molecular weight is 274 g/mol. The van der Waals surface area contributed by atoms with Crippen molar-refractivity contribution < 1.29 is 23.7 Å². The Labute approximate surface area is 115 Å². The summed E-state index contributed by atoms with van der Waals surface area (Å²) in [6.45, 7) is 3.51. The molecule has 0 amide bonds. The van der Waals surface area contributed by atoms with Crippen molar-refractivity contribution in [3.63, 3.8) is 0 Å². The van der Waals surface area contributed by atoms with Gasteiger partial charge in [0.2, 0.25) is 0 Å². The normalized spacial score (nSPS) is 16.1. The van der Waals surface area contributed by atoms with E-state index in [4.69, 9.17) is 18.9 Å². The van der Waals surface area contributed by atoms with E-state index >= 15 is 0 Å². The molecule has 0 aromatic rings. The molecule has 112 valence electrons. The zero-order chi connectivity index (χ0) is 13.8. The van der Waals surface area contributed by atoms with Gasteiger partial charge in [-0.25, -0.2) is 0 Å². The Hall–Kier alpha value is -0.490. The fourth-order valence-electron chi connectivity index (χ4n) is 2.12. The molecule has 19 heavy (non-hydrogen) atoms. The second-order valence-corrected chi connectivity index (χ2v) is 4.72.